The van der Waals surface area contributed by atoms with Crippen LogP contribution in [0, 0.1) is 5.92 Å². The predicted octanol–water partition coefficient (Wildman–Crippen LogP) is 4.05. The van der Waals surface area contributed by atoms with Crippen LogP contribution in [0.25, 0.3) is 22.3 Å². The van der Waals surface area contributed by atoms with Crippen molar-refractivity contribution < 1.29 is 9.59 Å². The molecule has 12 nitrogen and oxygen atoms in total. The minimum Gasteiger partial charge on any atom is -0.382 e. The first-order chi connectivity index (χ1) is 22.5. The van der Waals surface area contributed by atoms with Gasteiger partial charge in [-0.05, 0) is 56.0 Å². The van der Waals surface area contributed by atoms with Crippen LogP contribution in [-0.2, 0) is 11.2 Å². The highest BCUT2D eigenvalue weighted by Gasteiger charge is 2.29. The predicted molar refractivity (Wildman–Crippen MR) is 179 cm³/mol. The molecule has 0 atom stereocenters. The van der Waals surface area contributed by atoms with Gasteiger partial charge in [-0.25, -0.2) is 23.5 Å². The third-order valence-corrected chi connectivity index (χ3v) is 8.73. The summed E-state index contributed by atoms with van der Waals surface area (Å²) < 4.78 is 4.02. The topological polar surface area (TPSA) is 150 Å². The molecule has 5 aromatic rings. The van der Waals surface area contributed by atoms with Gasteiger partial charge in [0, 0.05) is 42.6 Å². The molecule has 0 bridgehead atoms. The Balaban J connectivity index is 1.28. The van der Waals surface area contributed by atoms with Crippen LogP contribution < -0.4 is 17.0 Å². The van der Waals surface area contributed by atoms with Crippen LogP contribution in [0.1, 0.15) is 74.2 Å². The first-order valence-corrected chi connectivity index (χ1v) is 15.9. The molecule has 0 aliphatic carbocycles. The summed E-state index contributed by atoms with van der Waals surface area (Å²) in [7, 11) is 0. The van der Waals surface area contributed by atoms with Crippen molar-refractivity contribution in [3.05, 3.63) is 105 Å². The van der Waals surface area contributed by atoms with Gasteiger partial charge in [-0.3, -0.25) is 14.4 Å². The Morgan fingerprint density at radius 1 is 0.957 bits per heavy atom. The minimum absolute atomic E-state index is 0.0304. The number of benzene rings is 2. The summed E-state index contributed by atoms with van der Waals surface area (Å²) in [6.07, 6.45) is 3.01. The normalized spacial score (nSPS) is 14.0. The zero-order valence-electron chi connectivity index (χ0n) is 27.0. The number of nitrogen functional groups attached to an aromatic ring is 1. The Labute approximate surface area is 271 Å². The van der Waals surface area contributed by atoms with E-state index in [1.54, 1.807) is 44.2 Å². The molecule has 4 heterocycles. The van der Waals surface area contributed by atoms with Crippen LogP contribution in [0.3, 0.4) is 0 Å². The van der Waals surface area contributed by atoms with Crippen molar-refractivity contribution >= 4 is 23.0 Å². The molecular weight excluding hydrogens is 596 g/mol. The second-order valence-electron chi connectivity index (χ2n) is 12.6. The van der Waals surface area contributed by atoms with Crippen molar-refractivity contribution in [1.82, 2.24) is 33.8 Å². The van der Waals surface area contributed by atoms with Crippen molar-refractivity contribution in [2.24, 2.45) is 5.92 Å². The molecule has 1 saturated heterocycles. The summed E-state index contributed by atoms with van der Waals surface area (Å²) in [6, 6.07) is 17.7. The van der Waals surface area contributed by atoms with Crippen LogP contribution in [-0.4, -0.2) is 58.6 Å². The van der Waals surface area contributed by atoms with Crippen LogP contribution in [0.15, 0.2) is 76.6 Å². The van der Waals surface area contributed by atoms with Gasteiger partial charge in [-0.2, -0.15) is 10.2 Å². The quantitative estimate of drug-likeness (QED) is 0.251. The molecule has 47 heavy (non-hydrogen) atoms. The fraction of sp³-hybridized carbons (Fsp3) is 0.343. The van der Waals surface area contributed by atoms with Crippen molar-refractivity contribution in [3.63, 3.8) is 0 Å². The molecule has 1 aliphatic rings. The Hall–Kier alpha value is -5.39. The smallest absolute Gasteiger partial charge is 0.352 e. The van der Waals surface area contributed by atoms with Gasteiger partial charge in [0.2, 0.25) is 5.91 Å². The molecule has 1 fully saturated rings. The highest BCUT2D eigenvalue weighted by molar-refractivity contribution is 5.95. The Bertz CT molecular complexity index is 2070. The summed E-state index contributed by atoms with van der Waals surface area (Å²) >= 11 is 0. The molecule has 2 aromatic carbocycles. The summed E-state index contributed by atoms with van der Waals surface area (Å²) in [6.45, 7) is 8.77. The van der Waals surface area contributed by atoms with E-state index in [9.17, 15) is 19.2 Å². The fourth-order valence-corrected chi connectivity index (χ4v) is 6.24. The molecule has 2 N–H and O–H groups in total. The maximum Gasteiger partial charge on any atom is 0.352 e. The lowest BCUT2D eigenvalue weighted by atomic mass is 9.92. The van der Waals surface area contributed by atoms with E-state index >= 15 is 0 Å². The molecule has 0 radical (unpaired) electrons. The standard InChI is InChI=1S/C35H38N8O4/c1-21(2)33(45)40-16-14-25(15-17-40)28-19-27(31-32(36)37-20-38-43(28)31)24-12-10-23(11-13-24)18-29(44)30-34(46)41(26-8-6-5-7-9-26)35(47)42(39-30)22(3)4/h5-13,19-22,25H,14-18H2,1-4H3,(H2,36,37,38). The molecular formula is C35H38N8O4. The van der Waals surface area contributed by atoms with Crippen molar-refractivity contribution in [3.8, 4) is 16.8 Å². The van der Waals surface area contributed by atoms with E-state index in [1.807, 2.05) is 47.5 Å². The van der Waals surface area contributed by atoms with Crippen molar-refractivity contribution in [1.29, 1.82) is 0 Å². The van der Waals surface area contributed by atoms with Gasteiger partial charge in [0.1, 0.15) is 11.8 Å². The number of hydrogen-bond acceptors (Lipinski definition) is 8. The fourth-order valence-electron chi connectivity index (χ4n) is 6.24. The third-order valence-electron chi connectivity index (χ3n) is 8.73. The highest BCUT2D eigenvalue weighted by atomic mass is 16.2. The minimum atomic E-state index is -0.748. The molecule has 1 amide bonds. The number of aromatic nitrogens is 6. The third kappa shape index (κ3) is 5.98. The number of ketones is 1. The van der Waals surface area contributed by atoms with Crippen LogP contribution in [0.5, 0.6) is 0 Å². The SMILES string of the molecule is CC(C)C(=O)N1CCC(c2cc(-c3ccc(CC(=O)c4nn(C(C)C)c(=O)n(-c5ccccc5)c4=O)cc3)c3c(N)ncnn23)CC1. The molecule has 242 valence electrons. The molecule has 1 aliphatic heterocycles. The molecule has 3 aromatic heterocycles. The Kier molecular flexibility index (Phi) is 8.59. The number of nitrogens with zero attached hydrogens (tertiary/aromatic N) is 7. The van der Waals surface area contributed by atoms with Crippen molar-refractivity contribution in [2.75, 3.05) is 18.8 Å². The lowest BCUT2D eigenvalue weighted by Gasteiger charge is -2.33. The average molecular weight is 635 g/mol. The Morgan fingerprint density at radius 3 is 2.28 bits per heavy atom. The molecule has 0 spiro atoms. The van der Waals surface area contributed by atoms with E-state index in [0.717, 1.165) is 34.2 Å². The summed E-state index contributed by atoms with van der Waals surface area (Å²) in [5.74, 6) is 0.207. The van der Waals surface area contributed by atoms with E-state index in [4.69, 9.17) is 5.73 Å². The van der Waals surface area contributed by atoms with Gasteiger partial charge in [-0.1, -0.05) is 56.3 Å². The summed E-state index contributed by atoms with van der Waals surface area (Å²) in [5.41, 5.74) is 9.24. The van der Waals surface area contributed by atoms with Gasteiger partial charge < -0.3 is 10.6 Å². The molecule has 0 unspecified atom stereocenters. The number of para-hydroxylation sites is 1. The zero-order chi connectivity index (χ0) is 33.4. The number of piperidine rings is 1. The number of anilines is 1. The first-order valence-electron chi connectivity index (χ1n) is 15.9. The lowest BCUT2D eigenvalue weighted by molar-refractivity contribution is -0.135. The van der Waals surface area contributed by atoms with E-state index in [2.05, 4.69) is 21.2 Å². The van der Waals surface area contributed by atoms with Crippen molar-refractivity contribution in [2.45, 2.75) is 58.9 Å². The van der Waals surface area contributed by atoms with Crippen LogP contribution in [0.4, 0.5) is 5.82 Å². The monoisotopic (exact) mass is 634 g/mol. The van der Waals surface area contributed by atoms with Gasteiger partial charge in [0.15, 0.2) is 17.3 Å². The average Bonchev–Trinajstić information content (AvgIpc) is 3.46. The van der Waals surface area contributed by atoms with Crippen LogP contribution in [0.2, 0.25) is 0 Å². The number of rotatable bonds is 8. The molecule has 0 saturated carbocycles. The number of fused-ring (bicyclic) bond motifs is 1. The number of likely N-dealkylation sites (tertiary alicyclic amines) is 1. The van der Waals surface area contributed by atoms with E-state index < -0.39 is 17.0 Å². The summed E-state index contributed by atoms with van der Waals surface area (Å²) in [5, 5.41) is 8.74. The first kappa shape index (κ1) is 31.6. The van der Waals surface area contributed by atoms with Crippen LogP contribution >= 0.6 is 0 Å². The number of Topliss-reactive ketones (excluding diaryl/α,β-unsaturated/α-hetero) is 1. The number of carbonyl (C=O) groups is 2. The lowest BCUT2D eigenvalue weighted by Crippen LogP contribution is -2.44. The van der Waals surface area contributed by atoms with E-state index in [1.165, 1.54) is 11.0 Å². The maximum absolute atomic E-state index is 13.5. The largest absolute Gasteiger partial charge is 0.382 e. The van der Waals surface area contributed by atoms with Gasteiger partial charge >= 0.3 is 5.69 Å². The van der Waals surface area contributed by atoms with Gasteiger partial charge in [0.25, 0.3) is 5.56 Å². The maximum atomic E-state index is 13.5. The Morgan fingerprint density at radius 2 is 1.64 bits per heavy atom. The van der Waals surface area contributed by atoms with Gasteiger partial charge in [-0.15, -0.1) is 0 Å². The number of carbonyl (C=O) groups excluding carboxylic acids is 2. The second kappa shape index (κ2) is 12.8. The van der Waals surface area contributed by atoms with Gasteiger partial charge in [0.05, 0.1) is 11.7 Å². The molecule has 6 rings (SSSR count). The zero-order valence-corrected chi connectivity index (χ0v) is 27.0. The number of amides is 1. The second-order valence-corrected chi connectivity index (χ2v) is 12.6. The summed E-state index contributed by atoms with van der Waals surface area (Å²) in [4.78, 5) is 58.8. The van der Waals surface area contributed by atoms with E-state index in [-0.39, 0.29) is 35.9 Å². The van der Waals surface area contributed by atoms with E-state index in [0.29, 0.717) is 35.7 Å². The number of nitrogens with two attached hydrogens (primary N) is 1. The highest BCUT2D eigenvalue weighted by Crippen LogP contribution is 2.37. The number of hydrogen-bond donors (Lipinski definition) is 1. The molecule has 12 heteroatoms.